The van der Waals surface area contributed by atoms with Crippen LogP contribution in [0.15, 0.2) is 24.3 Å². The second kappa shape index (κ2) is 9.53. The van der Waals surface area contributed by atoms with E-state index in [2.05, 4.69) is 24.1 Å². The van der Waals surface area contributed by atoms with Crippen LogP contribution in [0.5, 0.6) is 5.75 Å². The molecule has 0 unspecified atom stereocenters. The molecule has 1 aromatic carbocycles. The molecule has 0 aliphatic carbocycles. The minimum Gasteiger partial charge on any atom is -0.492 e. The molecule has 0 saturated carbocycles. The van der Waals surface area contributed by atoms with Crippen molar-refractivity contribution in [2.45, 2.75) is 39.7 Å². The number of benzene rings is 1. The summed E-state index contributed by atoms with van der Waals surface area (Å²) in [6, 6.07) is 7.43. The highest BCUT2D eigenvalue weighted by Gasteiger charge is 2.30. The molecule has 0 radical (unpaired) electrons. The molecule has 1 amide bonds. The summed E-state index contributed by atoms with van der Waals surface area (Å²) in [7, 11) is 1.55. The predicted molar refractivity (Wildman–Crippen MR) is 94.1 cm³/mol. The monoisotopic (exact) mass is 322 g/mol. The van der Waals surface area contributed by atoms with E-state index in [0.717, 1.165) is 31.1 Å². The summed E-state index contributed by atoms with van der Waals surface area (Å²) >= 11 is 0. The molecule has 0 saturated heterocycles. The molecule has 0 aliphatic heterocycles. The molecule has 0 bridgehead atoms. The van der Waals surface area contributed by atoms with Gasteiger partial charge in [0.15, 0.2) is 0 Å². The van der Waals surface area contributed by atoms with Gasteiger partial charge in [0.2, 0.25) is 0 Å². The van der Waals surface area contributed by atoms with Gasteiger partial charge in [0, 0.05) is 19.3 Å². The van der Waals surface area contributed by atoms with Crippen molar-refractivity contribution in [3.8, 4) is 5.75 Å². The van der Waals surface area contributed by atoms with E-state index >= 15 is 0 Å². The lowest BCUT2D eigenvalue weighted by Gasteiger charge is -2.25. The molecular weight excluding hydrogens is 292 g/mol. The number of ether oxygens (including phenoxy) is 2. The predicted octanol–water partition coefficient (Wildman–Crippen LogP) is 3.16. The lowest BCUT2D eigenvalue weighted by atomic mass is 10.0. The van der Waals surface area contributed by atoms with E-state index in [1.54, 1.807) is 14.0 Å². The molecule has 130 valence electrons. The molecular formula is C18H30N2O3. The van der Waals surface area contributed by atoms with Crippen LogP contribution in [0.4, 0.5) is 5.69 Å². The summed E-state index contributed by atoms with van der Waals surface area (Å²) in [5, 5.41) is 2.88. The number of carbonyl (C=O) groups excluding carboxylic acids is 1. The van der Waals surface area contributed by atoms with E-state index in [4.69, 9.17) is 9.47 Å². The Kier molecular flexibility index (Phi) is 8.06. The first-order valence-corrected chi connectivity index (χ1v) is 8.30. The summed E-state index contributed by atoms with van der Waals surface area (Å²) in [6.07, 6.45) is 0.613. The number of hydrogen-bond acceptors (Lipinski definition) is 4. The van der Waals surface area contributed by atoms with Crippen molar-refractivity contribution >= 4 is 11.6 Å². The minimum atomic E-state index is -0.807. The Bertz CT molecular complexity index is 466. The van der Waals surface area contributed by atoms with E-state index < -0.39 is 5.60 Å². The zero-order chi connectivity index (χ0) is 17.3. The third-order valence-electron chi connectivity index (χ3n) is 4.29. The second-order valence-corrected chi connectivity index (χ2v) is 5.64. The smallest absolute Gasteiger partial charge is 0.256 e. The minimum absolute atomic E-state index is 0.141. The van der Waals surface area contributed by atoms with E-state index in [1.807, 2.05) is 31.2 Å². The maximum atomic E-state index is 12.2. The van der Waals surface area contributed by atoms with Gasteiger partial charge < -0.3 is 19.7 Å². The fourth-order valence-corrected chi connectivity index (χ4v) is 2.13. The first-order chi connectivity index (χ1) is 11.0. The average molecular weight is 322 g/mol. The van der Waals surface area contributed by atoms with Crippen LogP contribution < -0.4 is 10.1 Å². The Morgan fingerprint density at radius 2 is 1.78 bits per heavy atom. The number of methoxy groups -OCH3 is 1. The van der Waals surface area contributed by atoms with Gasteiger partial charge in [-0.25, -0.2) is 0 Å². The van der Waals surface area contributed by atoms with Crippen molar-refractivity contribution in [3.05, 3.63) is 24.3 Å². The van der Waals surface area contributed by atoms with Crippen LogP contribution in [0.25, 0.3) is 0 Å². The van der Waals surface area contributed by atoms with Crippen molar-refractivity contribution in [1.29, 1.82) is 0 Å². The molecule has 0 spiro atoms. The summed E-state index contributed by atoms with van der Waals surface area (Å²) in [5.74, 6) is 0.665. The van der Waals surface area contributed by atoms with Crippen molar-refractivity contribution in [2.24, 2.45) is 0 Å². The van der Waals surface area contributed by atoms with Crippen molar-refractivity contribution in [1.82, 2.24) is 4.90 Å². The average Bonchev–Trinajstić information content (AvgIpc) is 2.59. The molecule has 23 heavy (non-hydrogen) atoms. The van der Waals surface area contributed by atoms with Crippen molar-refractivity contribution in [3.63, 3.8) is 0 Å². The third kappa shape index (κ3) is 5.84. The Hall–Kier alpha value is -1.59. The molecule has 0 aliphatic rings. The van der Waals surface area contributed by atoms with Gasteiger partial charge >= 0.3 is 0 Å². The second-order valence-electron chi connectivity index (χ2n) is 5.64. The lowest BCUT2D eigenvalue weighted by molar-refractivity contribution is -0.136. The maximum Gasteiger partial charge on any atom is 0.256 e. The Balaban J connectivity index is 2.52. The van der Waals surface area contributed by atoms with Crippen LogP contribution in [-0.4, -0.2) is 49.8 Å². The molecule has 0 heterocycles. The molecule has 0 fully saturated rings. The summed E-state index contributed by atoms with van der Waals surface area (Å²) in [4.78, 5) is 14.5. The fraction of sp³-hybridized carbons (Fsp3) is 0.611. The van der Waals surface area contributed by atoms with Crippen LogP contribution in [-0.2, 0) is 9.53 Å². The number of likely N-dealkylation sites (N-methyl/N-ethyl adjacent to an activating group) is 1. The number of rotatable bonds is 10. The number of carbonyl (C=O) groups is 1. The fourth-order valence-electron chi connectivity index (χ4n) is 2.13. The van der Waals surface area contributed by atoms with Gasteiger partial charge in [-0.05, 0) is 50.7 Å². The zero-order valence-corrected chi connectivity index (χ0v) is 15.0. The van der Waals surface area contributed by atoms with Gasteiger partial charge in [0.05, 0.1) is 0 Å². The molecule has 1 rings (SSSR count). The van der Waals surface area contributed by atoms with Gasteiger partial charge in [-0.15, -0.1) is 0 Å². The quantitative estimate of drug-likeness (QED) is 0.719. The van der Waals surface area contributed by atoms with E-state index in [9.17, 15) is 4.79 Å². The Morgan fingerprint density at radius 3 is 2.26 bits per heavy atom. The lowest BCUT2D eigenvalue weighted by Crippen LogP contribution is -2.41. The van der Waals surface area contributed by atoms with Gasteiger partial charge in [-0.2, -0.15) is 0 Å². The van der Waals surface area contributed by atoms with Crippen LogP contribution in [0, 0.1) is 0 Å². The first-order valence-electron chi connectivity index (χ1n) is 8.30. The molecule has 5 heteroatoms. The largest absolute Gasteiger partial charge is 0.492 e. The normalized spacial score (nSPS) is 13.7. The number of nitrogens with zero attached hydrogens (tertiary/aromatic N) is 1. The number of nitrogens with one attached hydrogen (secondary N) is 1. The Labute approximate surface area is 140 Å². The first kappa shape index (κ1) is 19.5. The van der Waals surface area contributed by atoms with Gasteiger partial charge in [0.25, 0.3) is 5.91 Å². The van der Waals surface area contributed by atoms with Crippen LogP contribution in [0.2, 0.25) is 0 Å². The van der Waals surface area contributed by atoms with Crippen molar-refractivity contribution < 1.29 is 14.3 Å². The number of anilines is 1. The van der Waals surface area contributed by atoms with Crippen molar-refractivity contribution in [2.75, 3.05) is 38.7 Å². The Morgan fingerprint density at radius 1 is 1.17 bits per heavy atom. The third-order valence-corrected chi connectivity index (χ3v) is 4.29. The SMILES string of the molecule is CCN(CC)CCOc1ccc(NC(=O)[C@](C)(CC)OC)cc1. The molecule has 0 aromatic heterocycles. The summed E-state index contributed by atoms with van der Waals surface area (Å²) < 4.78 is 11.0. The maximum absolute atomic E-state index is 12.2. The highest BCUT2D eigenvalue weighted by atomic mass is 16.5. The molecule has 1 aromatic rings. The van der Waals surface area contributed by atoms with Crippen LogP contribution in [0.3, 0.4) is 0 Å². The topological polar surface area (TPSA) is 50.8 Å². The number of amides is 1. The van der Waals surface area contributed by atoms with Crippen LogP contribution >= 0.6 is 0 Å². The van der Waals surface area contributed by atoms with E-state index in [1.165, 1.54) is 0 Å². The van der Waals surface area contributed by atoms with Gasteiger partial charge in [-0.1, -0.05) is 20.8 Å². The zero-order valence-electron chi connectivity index (χ0n) is 15.0. The van der Waals surface area contributed by atoms with Gasteiger partial charge in [0.1, 0.15) is 18.0 Å². The number of hydrogen-bond donors (Lipinski definition) is 1. The van der Waals surface area contributed by atoms with E-state index in [-0.39, 0.29) is 5.91 Å². The summed E-state index contributed by atoms with van der Waals surface area (Å²) in [6.45, 7) is 11.6. The molecule has 1 N–H and O–H groups in total. The highest BCUT2D eigenvalue weighted by molar-refractivity contribution is 5.97. The molecule has 1 atom stereocenters. The van der Waals surface area contributed by atoms with Crippen LogP contribution in [0.1, 0.15) is 34.1 Å². The standard InChI is InChI=1S/C18H30N2O3/c1-6-18(4,22-5)17(21)19-15-9-11-16(12-10-15)23-14-13-20(7-2)8-3/h9-12H,6-8,13-14H2,1-5H3,(H,19,21)/t18-/m0/s1. The highest BCUT2D eigenvalue weighted by Crippen LogP contribution is 2.20. The van der Waals surface area contributed by atoms with E-state index in [0.29, 0.717) is 13.0 Å². The van der Waals surface area contributed by atoms with Gasteiger partial charge in [-0.3, -0.25) is 4.79 Å². The molecule has 5 nitrogen and oxygen atoms in total. The summed E-state index contributed by atoms with van der Waals surface area (Å²) in [5.41, 5.74) is -0.0679.